The van der Waals surface area contributed by atoms with Crippen LogP contribution in [0.15, 0.2) is 140 Å². The molecule has 56 heavy (non-hydrogen) atoms. The molecule has 0 bridgehead atoms. The van der Waals surface area contributed by atoms with Gasteiger partial charge in [0.2, 0.25) is 0 Å². The molecule has 1 aliphatic heterocycles. The summed E-state index contributed by atoms with van der Waals surface area (Å²) in [6.45, 7) is 15.6. The largest absolute Gasteiger partial charge is 0.509 e. The molecule has 5 aromatic carbocycles. The third-order valence-electron chi connectivity index (χ3n) is 10.3. The zero-order valence-corrected chi connectivity index (χ0v) is 34.6. The van der Waals surface area contributed by atoms with Crippen molar-refractivity contribution in [3.8, 4) is 28.6 Å². The van der Waals surface area contributed by atoms with Crippen molar-refractivity contribution < 1.29 is 25.8 Å². The Labute approximate surface area is 343 Å². The summed E-state index contributed by atoms with van der Waals surface area (Å²) in [5.41, 5.74) is 10.4. The normalized spacial score (nSPS) is 12.9. The van der Waals surface area contributed by atoms with Gasteiger partial charge in [-0.05, 0) is 75.9 Å². The Morgan fingerprint density at radius 3 is 2.05 bits per heavy atom. The molecule has 0 N–H and O–H groups in total. The summed E-state index contributed by atoms with van der Waals surface area (Å²) in [5, 5.41) is 2.23. The first-order valence-electron chi connectivity index (χ1n) is 18.7. The molecule has 282 valence electrons. The molecule has 8 aromatic rings. The van der Waals surface area contributed by atoms with Crippen molar-refractivity contribution in [2.75, 3.05) is 9.80 Å². The van der Waals surface area contributed by atoms with Crippen molar-refractivity contribution in [2.45, 2.75) is 52.4 Å². The molecule has 0 fully saturated rings. The van der Waals surface area contributed by atoms with Crippen molar-refractivity contribution in [3.63, 3.8) is 0 Å². The summed E-state index contributed by atoms with van der Waals surface area (Å²) < 4.78 is 8.76. The van der Waals surface area contributed by atoms with Crippen LogP contribution in [0.25, 0.3) is 38.9 Å². The van der Waals surface area contributed by atoms with Crippen LogP contribution < -0.4 is 14.5 Å². The van der Waals surface area contributed by atoms with Gasteiger partial charge in [-0.2, -0.15) is 12.1 Å². The van der Waals surface area contributed by atoms with Gasteiger partial charge in [0, 0.05) is 73.1 Å². The van der Waals surface area contributed by atoms with Gasteiger partial charge in [-0.3, -0.25) is 4.98 Å². The number of pyridine rings is 2. The van der Waals surface area contributed by atoms with Crippen LogP contribution in [0.1, 0.15) is 52.7 Å². The number of fused-ring (bicyclic) bond motifs is 4. The molecule has 0 atom stereocenters. The Bertz CT molecular complexity index is 2710. The fourth-order valence-electron chi connectivity index (χ4n) is 7.37. The first kappa shape index (κ1) is 37.2. The topological polar surface area (TPSA) is 46.4 Å². The average molecular weight is 912 g/mol. The number of hydrogen-bond acceptors (Lipinski definition) is 5. The average Bonchev–Trinajstić information content (AvgIpc) is 3.74. The van der Waals surface area contributed by atoms with Crippen molar-refractivity contribution >= 4 is 44.6 Å². The first-order valence-corrected chi connectivity index (χ1v) is 18.7. The third-order valence-corrected chi connectivity index (χ3v) is 10.3. The van der Waals surface area contributed by atoms with E-state index in [9.17, 15) is 0 Å². The maximum Gasteiger partial charge on any atom is 0.135 e. The van der Waals surface area contributed by atoms with E-state index in [1.807, 2.05) is 42.7 Å². The fourth-order valence-corrected chi connectivity index (χ4v) is 7.37. The van der Waals surface area contributed by atoms with Crippen LogP contribution >= 0.6 is 0 Å². The first-order chi connectivity index (χ1) is 26.5. The van der Waals surface area contributed by atoms with E-state index < -0.39 is 0 Å². The van der Waals surface area contributed by atoms with E-state index in [1.54, 1.807) is 0 Å². The van der Waals surface area contributed by atoms with Gasteiger partial charge in [0.15, 0.2) is 0 Å². The predicted octanol–water partition coefficient (Wildman–Crippen LogP) is 12.6. The summed E-state index contributed by atoms with van der Waals surface area (Å²) >= 11 is 0. The maximum absolute atomic E-state index is 6.57. The van der Waals surface area contributed by atoms with Gasteiger partial charge in [0.05, 0.1) is 5.69 Å². The molecule has 4 heterocycles. The molecule has 0 radical (unpaired) electrons. The summed E-state index contributed by atoms with van der Waals surface area (Å²) in [5.74, 6) is 2.05. The number of para-hydroxylation sites is 3. The Morgan fingerprint density at radius 2 is 1.29 bits per heavy atom. The fraction of sp³-hybridized carbons (Fsp3) is 0.163. The maximum atomic E-state index is 6.57. The molecule has 3 aromatic heterocycles. The van der Waals surface area contributed by atoms with Gasteiger partial charge in [-0.1, -0.05) is 95.6 Å². The van der Waals surface area contributed by atoms with Crippen LogP contribution in [0, 0.1) is 18.8 Å². The molecule has 7 heteroatoms. The van der Waals surface area contributed by atoms with Crippen molar-refractivity contribution in [2.24, 2.45) is 0 Å². The molecule has 0 saturated carbocycles. The van der Waals surface area contributed by atoms with E-state index in [-0.39, 0.29) is 31.9 Å². The number of ether oxygens (including phenoxy) is 1. The molecule has 0 unspecified atom stereocenters. The molecular formula is C49H42N5OPt-3. The van der Waals surface area contributed by atoms with Gasteiger partial charge < -0.3 is 19.1 Å². The molecular weight excluding hydrogens is 870 g/mol. The van der Waals surface area contributed by atoms with E-state index in [4.69, 9.17) is 14.7 Å². The Morgan fingerprint density at radius 1 is 0.571 bits per heavy atom. The number of aromatic nitrogens is 3. The molecule has 1 aliphatic rings. The zero-order chi connectivity index (χ0) is 37.9. The van der Waals surface area contributed by atoms with Crippen LogP contribution in [0.5, 0.6) is 11.5 Å². The second kappa shape index (κ2) is 14.4. The van der Waals surface area contributed by atoms with Gasteiger partial charge >= 0.3 is 0 Å². The molecule has 0 amide bonds. The van der Waals surface area contributed by atoms with Gasteiger partial charge in [0.1, 0.15) is 5.82 Å². The molecule has 6 nitrogen and oxygen atoms in total. The van der Waals surface area contributed by atoms with Gasteiger partial charge in [0.25, 0.3) is 0 Å². The van der Waals surface area contributed by atoms with Crippen molar-refractivity contribution in [3.05, 3.63) is 170 Å². The Kier molecular flexibility index (Phi) is 9.58. The van der Waals surface area contributed by atoms with Crippen LogP contribution in [0.4, 0.5) is 22.7 Å². The van der Waals surface area contributed by atoms with Crippen LogP contribution in [0.2, 0.25) is 0 Å². The predicted molar refractivity (Wildman–Crippen MR) is 225 cm³/mol. The molecule has 0 spiro atoms. The molecule has 0 saturated heterocycles. The number of hydrogen-bond donors (Lipinski definition) is 0. The Hall–Kier alpha value is -5.71. The molecule has 9 rings (SSSR count). The standard InChI is InChI=1S/C49H42N5O.Pt/c1-48(2,3)33-21-23-40(41-17-11-12-26-50-41)45(28-33)53-32-52(43-19-9-10-20-44(43)53)35-14-13-15-36(30-35)55-37-22-24-39-38-16-7-8-18-42(38)54(46(39)31-37)47-29-34(25-27-51-47)49(4,5)6;/h7-29,32H,1-6H3;/q-3;. The minimum absolute atomic E-state index is 0. The van der Waals surface area contributed by atoms with E-state index in [0.29, 0.717) is 11.5 Å². The van der Waals surface area contributed by atoms with Crippen LogP contribution in [-0.4, -0.2) is 14.5 Å². The summed E-state index contributed by atoms with van der Waals surface area (Å²) in [6.07, 6.45) is 3.74. The van der Waals surface area contributed by atoms with Crippen molar-refractivity contribution in [1.29, 1.82) is 0 Å². The zero-order valence-electron chi connectivity index (χ0n) is 32.3. The smallest absolute Gasteiger partial charge is 0.135 e. The van der Waals surface area contributed by atoms with Gasteiger partial charge in [-0.25, -0.2) is 4.98 Å². The second-order valence-corrected chi connectivity index (χ2v) is 16.1. The quantitative estimate of drug-likeness (QED) is 0.156. The monoisotopic (exact) mass is 911 g/mol. The number of nitrogens with zero attached hydrogens (tertiary/aromatic N) is 5. The SMILES string of the molecule is CC(C)(C)c1ccnc(-n2c3[c-]c(Oc4[c-]c(N5[CH-]N(c6cc(C(C)(C)C)ccc6-c6ccccn6)c6ccccc65)ccc4)ccc3c3ccccc32)c1.[Pt]. The van der Waals surface area contributed by atoms with Crippen molar-refractivity contribution in [1.82, 2.24) is 14.5 Å². The second-order valence-electron chi connectivity index (χ2n) is 16.1. The number of benzene rings is 5. The minimum Gasteiger partial charge on any atom is -0.509 e. The van der Waals surface area contributed by atoms with E-state index in [0.717, 1.165) is 61.6 Å². The number of anilines is 4. The van der Waals surface area contributed by atoms with Crippen LogP contribution in [0.3, 0.4) is 0 Å². The summed E-state index contributed by atoms with van der Waals surface area (Å²) in [6, 6.07) is 51.2. The minimum atomic E-state index is -0.0306. The van der Waals surface area contributed by atoms with E-state index in [1.165, 1.54) is 11.1 Å². The van der Waals surface area contributed by atoms with Crippen LogP contribution in [-0.2, 0) is 31.9 Å². The van der Waals surface area contributed by atoms with E-state index >= 15 is 0 Å². The number of rotatable bonds is 6. The third kappa shape index (κ3) is 6.77. The summed E-state index contributed by atoms with van der Waals surface area (Å²) in [4.78, 5) is 14.0. The molecule has 0 aliphatic carbocycles. The Balaban J connectivity index is 0.00000441. The van der Waals surface area contributed by atoms with Gasteiger partial charge in [-0.15, -0.1) is 48.1 Å². The summed E-state index contributed by atoms with van der Waals surface area (Å²) in [7, 11) is 0. The van der Waals surface area contributed by atoms with E-state index in [2.05, 4.69) is 172 Å².